The van der Waals surface area contributed by atoms with Crippen LogP contribution < -0.4 is 4.90 Å². The highest BCUT2D eigenvalue weighted by Crippen LogP contribution is 2.29. The number of nitrogens with zero attached hydrogens (tertiary/aromatic N) is 3. The van der Waals surface area contributed by atoms with E-state index in [0.717, 1.165) is 27.6 Å². The van der Waals surface area contributed by atoms with Crippen molar-refractivity contribution in [1.82, 2.24) is 9.97 Å². The maximum Gasteiger partial charge on any atom is 0.270 e. The predicted octanol–water partition coefficient (Wildman–Crippen LogP) is 4.49. The smallest absolute Gasteiger partial charge is 0.270 e. The Hall–Kier alpha value is -2.53. The number of hydrogen-bond acceptors (Lipinski definition) is 4. The molecule has 122 valence electrons. The second-order valence-corrected chi connectivity index (χ2v) is 6.54. The minimum absolute atomic E-state index is 0.0136. The summed E-state index contributed by atoms with van der Waals surface area (Å²) in [5.74, 6) is -0.0136. The molecule has 3 rings (SSSR count). The number of carbonyl (C=O) groups is 1. The summed E-state index contributed by atoms with van der Waals surface area (Å²) >= 11 is 1.40. The monoisotopic (exact) mass is 337 g/mol. The van der Waals surface area contributed by atoms with Crippen LogP contribution in [0.25, 0.3) is 10.7 Å². The number of anilines is 1. The quantitative estimate of drug-likeness (QED) is 0.705. The maximum absolute atomic E-state index is 13.0. The van der Waals surface area contributed by atoms with Crippen LogP contribution in [-0.4, -0.2) is 22.4 Å². The molecule has 0 N–H and O–H groups in total. The van der Waals surface area contributed by atoms with Crippen molar-refractivity contribution in [1.29, 1.82) is 0 Å². The normalized spacial score (nSPS) is 10.6. The van der Waals surface area contributed by atoms with Gasteiger partial charge in [0.1, 0.15) is 9.88 Å². The van der Waals surface area contributed by atoms with Gasteiger partial charge in [-0.2, -0.15) is 0 Å². The van der Waals surface area contributed by atoms with Gasteiger partial charge in [0.05, 0.1) is 11.4 Å². The molecular weight excluding hydrogens is 318 g/mol. The van der Waals surface area contributed by atoms with Crippen molar-refractivity contribution in [3.05, 3.63) is 64.8 Å². The van der Waals surface area contributed by atoms with E-state index in [-0.39, 0.29) is 5.91 Å². The van der Waals surface area contributed by atoms with E-state index in [0.29, 0.717) is 11.4 Å². The molecule has 3 aromatic rings. The van der Waals surface area contributed by atoms with Crippen molar-refractivity contribution in [2.24, 2.45) is 0 Å². The Kier molecular flexibility index (Phi) is 4.71. The predicted molar refractivity (Wildman–Crippen MR) is 98.6 cm³/mol. The van der Waals surface area contributed by atoms with Crippen LogP contribution in [0.2, 0.25) is 0 Å². The molecule has 0 spiro atoms. The number of carbonyl (C=O) groups excluding carboxylic acids is 1. The van der Waals surface area contributed by atoms with Crippen molar-refractivity contribution < 1.29 is 4.79 Å². The molecule has 0 aliphatic heterocycles. The lowest BCUT2D eigenvalue weighted by molar-refractivity contribution is 0.0991. The molecule has 0 saturated heterocycles. The van der Waals surface area contributed by atoms with Crippen molar-refractivity contribution in [2.45, 2.75) is 20.8 Å². The summed E-state index contributed by atoms with van der Waals surface area (Å²) in [7, 11) is 0. The first-order valence-electron chi connectivity index (χ1n) is 7.87. The zero-order valence-corrected chi connectivity index (χ0v) is 14.8. The Bertz CT molecular complexity index is 858. The summed E-state index contributed by atoms with van der Waals surface area (Å²) in [4.78, 5) is 24.3. The van der Waals surface area contributed by atoms with E-state index in [9.17, 15) is 4.79 Å². The molecule has 0 atom stereocenters. The highest BCUT2D eigenvalue weighted by molar-refractivity contribution is 7.17. The van der Waals surface area contributed by atoms with Crippen LogP contribution in [0.4, 0.5) is 5.69 Å². The van der Waals surface area contributed by atoms with Crippen LogP contribution in [0.3, 0.4) is 0 Å². The molecule has 0 radical (unpaired) electrons. The summed E-state index contributed by atoms with van der Waals surface area (Å²) in [5, 5.41) is 0.775. The van der Waals surface area contributed by atoms with Gasteiger partial charge in [-0.25, -0.2) is 4.98 Å². The molecule has 0 aliphatic rings. The molecule has 5 heteroatoms. The van der Waals surface area contributed by atoms with Gasteiger partial charge in [-0.1, -0.05) is 18.2 Å². The topological polar surface area (TPSA) is 46.1 Å². The number of amides is 1. The third-order valence-corrected chi connectivity index (χ3v) is 4.92. The third-order valence-electron chi connectivity index (χ3n) is 3.75. The van der Waals surface area contributed by atoms with Gasteiger partial charge in [0.15, 0.2) is 0 Å². The molecule has 0 unspecified atom stereocenters. The van der Waals surface area contributed by atoms with E-state index in [1.165, 1.54) is 11.3 Å². The van der Waals surface area contributed by atoms with Gasteiger partial charge in [-0.05, 0) is 50.6 Å². The summed E-state index contributed by atoms with van der Waals surface area (Å²) < 4.78 is 0. The minimum Gasteiger partial charge on any atom is -0.308 e. The van der Waals surface area contributed by atoms with E-state index in [2.05, 4.69) is 9.97 Å². The second-order valence-electron chi connectivity index (χ2n) is 5.54. The van der Waals surface area contributed by atoms with E-state index in [4.69, 9.17) is 0 Å². The van der Waals surface area contributed by atoms with E-state index in [1.807, 2.05) is 63.2 Å². The fourth-order valence-corrected chi connectivity index (χ4v) is 3.55. The van der Waals surface area contributed by atoms with Crippen LogP contribution >= 0.6 is 11.3 Å². The standard InChI is InChI=1S/C19H19N3OS/c1-4-22(15-9-7-8-13(2)12-15)19(23)17-14(3)21-18(24-17)16-10-5-6-11-20-16/h5-12H,4H2,1-3H3. The van der Waals surface area contributed by atoms with Crippen LogP contribution in [0.5, 0.6) is 0 Å². The number of thiazole rings is 1. The molecule has 24 heavy (non-hydrogen) atoms. The van der Waals surface area contributed by atoms with E-state index >= 15 is 0 Å². The molecule has 2 heterocycles. The SMILES string of the molecule is CCN(C(=O)c1sc(-c2ccccn2)nc1C)c1cccc(C)c1. The maximum atomic E-state index is 13.0. The lowest BCUT2D eigenvalue weighted by Gasteiger charge is -2.21. The van der Waals surface area contributed by atoms with Gasteiger partial charge in [0, 0.05) is 18.4 Å². The van der Waals surface area contributed by atoms with Crippen molar-refractivity contribution in [2.75, 3.05) is 11.4 Å². The number of hydrogen-bond donors (Lipinski definition) is 0. The van der Waals surface area contributed by atoms with Gasteiger partial charge < -0.3 is 4.90 Å². The molecule has 0 aliphatic carbocycles. The highest BCUT2D eigenvalue weighted by atomic mass is 32.1. The lowest BCUT2D eigenvalue weighted by atomic mass is 10.2. The van der Waals surface area contributed by atoms with Crippen LogP contribution in [0, 0.1) is 13.8 Å². The zero-order chi connectivity index (χ0) is 17.1. The average molecular weight is 337 g/mol. The first-order chi connectivity index (χ1) is 11.6. The second kappa shape index (κ2) is 6.93. The number of benzene rings is 1. The Balaban J connectivity index is 1.96. The first-order valence-corrected chi connectivity index (χ1v) is 8.69. The van der Waals surface area contributed by atoms with Gasteiger partial charge in [0.25, 0.3) is 5.91 Å². The van der Waals surface area contributed by atoms with Gasteiger partial charge in [-0.3, -0.25) is 9.78 Å². The zero-order valence-electron chi connectivity index (χ0n) is 14.0. The number of aromatic nitrogens is 2. The highest BCUT2D eigenvalue weighted by Gasteiger charge is 2.22. The third kappa shape index (κ3) is 3.21. The summed E-state index contributed by atoms with van der Waals surface area (Å²) in [6.07, 6.45) is 1.73. The molecule has 1 aromatic carbocycles. The van der Waals surface area contributed by atoms with Gasteiger partial charge in [-0.15, -0.1) is 11.3 Å². The van der Waals surface area contributed by atoms with Crippen molar-refractivity contribution in [3.8, 4) is 10.7 Å². The molecule has 0 bridgehead atoms. The molecule has 4 nitrogen and oxygen atoms in total. The molecule has 0 fully saturated rings. The Morgan fingerprint density at radius 3 is 2.67 bits per heavy atom. The average Bonchev–Trinajstić information content (AvgIpc) is 2.98. The Labute approximate surface area is 145 Å². The fourth-order valence-electron chi connectivity index (χ4n) is 2.56. The lowest BCUT2D eigenvalue weighted by Crippen LogP contribution is -2.30. The van der Waals surface area contributed by atoms with Crippen LogP contribution in [0.1, 0.15) is 27.9 Å². The molecular formula is C19H19N3OS. The summed E-state index contributed by atoms with van der Waals surface area (Å²) in [5.41, 5.74) is 3.59. The molecule has 0 saturated carbocycles. The van der Waals surface area contributed by atoms with E-state index in [1.54, 1.807) is 11.1 Å². The molecule has 2 aromatic heterocycles. The van der Waals surface area contributed by atoms with Crippen LogP contribution in [0.15, 0.2) is 48.7 Å². The largest absolute Gasteiger partial charge is 0.308 e. The van der Waals surface area contributed by atoms with Crippen molar-refractivity contribution in [3.63, 3.8) is 0 Å². The van der Waals surface area contributed by atoms with Crippen molar-refractivity contribution >= 4 is 22.9 Å². The number of pyridine rings is 1. The summed E-state index contributed by atoms with van der Waals surface area (Å²) in [6, 6.07) is 13.7. The van der Waals surface area contributed by atoms with Gasteiger partial charge in [0.2, 0.25) is 0 Å². The fraction of sp³-hybridized carbons (Fsp3) is 0.211. The minimum atomic E-state index is -0.0136. The Morgan fingerprint density at radius 2 is 2.00 bits per heavy atom. The first kappa shape index (κ1) is 16.3. The Morgan fingerprint density at radius 1 is 1.17 bits per heavy atom. The molecule has 1 amide bonds. The number of aryl methyl sites for hydroxylation is 2. The van der Waals surface area contributed by atoms with Gasteiger partial charge >= 0.3 is 0 Å². The van der Waals surface area contributed by atoms with E-state index < -0.39 is 0 Å². The van der Waals surface area contributed by atoms with Crippen LogP contribution in [-0.2, 0) is 0 Å². The number of rotatable bonds is 4. The summed E-state index contributed by atoms with van der Waals surface area (Å²) in [6.45, 7) is 6.49.